The molecule has 0 saturated heterocycles. The van der Waals surface area contributed by atoms with Crippen molar-refractivity contribution in [2.24, 2.45) is 5.73 Å². The number of rotatable bonds is 5. The van der Waals surface area contributed by atoms with Crippen molar-refractivity contribution >= 4 is 5.91 Å². The molecule has 1 saturated carbocycles. The van der Waals surface area contributed by atoms with Crippen molar-refractivity contribution < 1.29 is 4.79 Å². The van der Waals surface area contributed by atoms with Gasteiger partial charge in [0.1, 0.15) is 0 Å². The van der Waals surface area contributed by atoms with Crippen molar-refractivity contribution in [3.8, 4) is 0 Å². The molecule has 0 aromatic carbocycles. The summed E-state index contributed by atoms with van der Waals surface area (Å²) in [6.07, 6.45) is 2.21. The van der Waals surface area contributed by atoms with Crippen molar-refractivity contribution in [3.05, 3.63) is 11.4 Å². The topological polar surface area (TPSA) is 77.0 Å². The predicted molar refractivity (Wildman–Crippen MR) is 59.1 cm³/mol. The quantitative estimate of drug-likeness (QED) is 0.751. The molecule has 1 aliphatic carbocycles. The van der Waals surface area contributed by atoms with Crippen LogP contribution in [0, 0.1) is 0 Å². The van der Waals surface area contributed by atoms with Crippen LogP contribution in [-0.2, 0) is 6.54 Å². The molecule has 0 atom stereocenters. The van der Waals surface area contributed by atoms with E-state index in [1.165, 1.54) is 0 Å². The first-order valence-electron chi connectivity index (χ1n) is 5.47. The third-order valence-electron chi connectivity index (χ3n) is 2.73. The van der Waals surface area contributed by atoms with Gasteiger partial charge in [-0.25, -0.2) is 4.68 Å². The van der Waals surface area contributed by atoms with Crippen LogP contribution in [-0.4, -0.2) is 46.4 Å². The molecule has 6 nitrogen and oxygen atoms in total. The minimum atomic E-state index is -0.474. The summed E-state index contributed by atoms with van der Waals surface area (Å²) in [6, 6.07) is 0. The Hall–Kier alpha value is -1.43. The van der Waals surface area contributed by atoms with Crippen molar-refractivity contribution in [1.82, 2.24) is 19.9 Å². The Bertz CT molecular complexity index is 394. The fourth-order valence-corrected chi connectivity index (χ4v) is 1.72. The first-order chi connectivity index (χ1) is 7.59. The molecule has 1 aliphatic rings. The third kappa shape index (κ3) is 2.21. The highest BCUT2D eigenvalue weighted by Crippen LogP contribution is 2.40. The summed E-state index contributed by atoms with van der Waals surface area (Å²) in [5.41, 5.74) is 6.56. The van der Waals surface area contributed by atoms with Crippen LogP contribution in [0.2, 0.25) is 0 Å². The van der Waals surface area contributed by atoms with E-state index < -0.39 is 5.91 Å². The van der Waals surface area contributed by atoms with Gasteiger partial charge in [-0.3, -0.25) is 4.79 Å². The number of carbonyl (C=O) groups is 1. The van der Waals surface area contributed by atoms with Crippen molar-refractivity contribution in [2.75, 3.05) is 20.6 Å². The highest BCUT2D eigenvalue weighted by Gasteiger charge is 2.32. The molecule has 6 heteroatoms. The number of hydrogen-bond acceptors (Lipinski definition) is 4. The maximum atomic E-state index is 11.2. The Balaban J connectivity index is 2.20. The van der Waals surface area contributed by atoms with E-state index in [9.17, 15) is 4.79 Å². The fourth-order valence-electron chi connectivity index (χ4n) is 1.72. The monoisotopic (exact) mass is 223 g/mol. The zero-order valence-corrected chi connectivity index (χ0v) is 9.68. The first kappa shape index (κ1) is 11.1. The molecule has 1 fully saturated rings. The van der Waals surface area contributed by atoms with Crippen LogP contribution in [0.1, 0.15) is 34.9 Å². The number of likely N-dealkylation sites (N-methyl/N-ethyl adjacent to an activating group) is 1. The van der Waals surface area contributed by atoms with Gasteiger partial charge in [0, 0.05) is 12.5 Å². The smallest absolute Gasteiger partial charge is 0.271 e. The lowest BCUT2D eigenvalue weighted by Gasteiger charge is -2.10. The van der Waals surface area contributed by atoms with Crippen LogP contribution in [0.25, 0.3) is 0 Å². The van der Waals surface area contributed by atoms with Gasteiger partial charge in [0.15, 0.2) is 5.69 Å². The van der Waals surface area contributed by atoms with Gasteiger partial charge in [-0.2, -0.15) is 0 Å². The van der Waals surface area contributed by atoms with Crippen LogP contribution in [0.3, 0.4) is 0 Å². The van der Waals surface area contributed by atoms with E-state index in [0.29, 0.717) is 11.6 Å². The standard InChI is InChI=1S/C10H17N5O/c1-14(2)5-6-15-9(7-3-4-7)8(10(11)16)12-13-15/h7H,3-6H2,1-2H3,(H2,11,16). The van der Waals surface area contributed by atoms with Gasteiger partial charge in [0.25, 0.3) is 5.91 Å². The zero-order chi connectivity index (χ0) is 11.7. The molecular formula is C10H17N5O. The zero-order valence-electron chi connectivity index (χ0n) is 9.68. The number of carbonyl (C=O) groups excluding carboxylic acids is 1. The number of nitrogens with two attached hydrogens (primary N) is 1. The molecule has 0 aliphatic heterocycles. The van der Waals surface area contributed by atoms with E-state index >= 15 is 0 Å². The summed E-state index contributed by atoms with van der Waals surface area (Å²) in [5.74, 6) is -0.0438. The minimum absolute atomic E-state index is 0.348. The summed E-state index contributed by atoms with van der Waals surface area (Å²) < 4.78 is 1.82. The highest BCUT2D eigenvalue weighted by molar-refractivity contribution is 5.92. The second-order valence-electron chi connectivity index (χ2n) is 4.49. The van der Waals surface area contributed by atoms with Gasteiger partial charge in [-0.1, -0.05) is 5.21 Å². The molecule has 88 valence electrons. The molecule has 16 heavy (non-hydrogen) atoms. The van der Waals surface area contributed by atoms with Gasteiger partial charge in [-0.15, -0.1) is 5.10 Å². The third-order valence-corrected chi connectivity index (χ3v) is 2.73. The number of aromatic nitrogens is 3. The molecule has 1 aromatic heterocycles. The largest absolute Gasteiger partial charge is 0.364 e. The highest BCUT2D eigenvalue weighted by atomic mass is 16.1. The van der Waals surface area contributed by atoms with Gasteiger partial charge in [-0.05, 0) is 26.9 Å². The number of nitrogens with zero attached hydrogens (tertiary/aromatic N) is 4. The Morgan fingerprint density at radius 3 is 2.75 bits per heavy atom. The van der Waals surface area contributed by atoms with E-state index in [4.69, 9.17) is 5.73 Å². The molecule has 0 unspecified atom stereocenters. The summed E-state index contributed by atoms with van der Waals surface area (Å²) in [6.45, 7) is 1.63. The van der Waals surface area contributed by atoms with Crippen molar-refractivity contribution in [3.63, 3.8) is 0 Å². The van der Waals surface area contributed by atoms with E-state index in [0.717, 1.165) is 31.6 Å². The van der Waals surface area contributed by atoms with E-state index in [1.807, 2.05) is 18.8 Å². The maximum Gasteiger partial charge on any atom is 0.271 e. The number of primary amides is 1. The molecule has 2 rings (SSSR count). The fraction of sp³-hybridized carbons (Fsp3) is 0.700. The van der Waals surface area contributed by atoms with Crippen LogP contribution in [0.5, 0.6) is 0 Å². The summed E-state index contributed by atoms with van der Waals surface area (Å²) in [5, 5.41) is 7.88. The average Bonchev–Trinajstić information content (AvgIpc) is 2.95. The SMILES string of the molecule is CN(C)CCn1nnc(C(N)=O)c1C1CC1. The lowest BCUT2D eigenvalue weighted by molar-refractivity contribution is 0.0994. The molecule has 0 spiro atoms. The molecule has 0 bridgehead atoms. The van der Waals surface area contributed by atoms with Crippen molar-refractivity contribution in [1.29, 1.82) is 0 Å². The van der Waals surface area contributed by atoms with Crippen LogP contribution in [0.4, 0.5) is 0 Å². The van der Waals surface area contributed by atoms with Crippen molar-refractivity contribution in [2.45, 2.75) is 25.3 Å². The maximum absolute atomic E-state index is 11.2. The summed E-state index contributed by atoms with van der Waals surface area (Å²) in [7, 11) is 4.01. The lowest BCUT2D eigenvalue weighted by atomic mass is 10.2. The number of amides is 1. The minimum Gasteiger partial charge on any atom is -0.364 e. The Labute approximate surface area is 94.4 Å². The second kappa shape index (κ2) is 4.21. The lowest BCUT2D eigenvalue weighted by Crippen LogP contribution is -2.21. The molecule has 1 heterocycles. The van der Waals surface area contributed by atoms with E-state index in [-0.39, 0.29) is 0 Å². The Morgan fingerprint density at radius 1 is 1.56 bits per heavy atom. The number of hydrogen-bond donors (Lipinski definition) is 1. The van der Waals surface area contributed by atoms with Gasteiger partial charge in [0.2, 0.25) is 0 Å². The van der Waals surface area contributed by atoms with Crippen LogP contribution < -0.4 is 5.73 Å². The van der Waals surface area contributed by atoms with Crippen LogP contribution >= 0.6 is 0 Å². The van der Waals surface area contributed by atoms with Crippen LogP contribution in [0.15, 0.2) is 0 Å². The molecule has 2 N–H and O–H groups in total. The molecule has 1 aromatic rings. The first-order valence-corrected chi connectivity index (χ1v) is 5.47. The van der Waals surface area contributed by atoms with Gasteiger partial charge < -0.3 is 10.6 Å². The Morgan fingerprint density at radius 2 is 2.25 bits per heavy atom. The second-order valence-corrected chi connectivity index (χ2v) is 4.49. The van der Waals surface area contributed by atoms with E-state index in [2.05, 4.69) is 15.2 Å². The molecule has 0 radical (unpaired) electrons. The van der Waals surface area contributed by atoms with E-state index in [1.54, 1.807) is 0 Å². The predicted octanol–water partition coefficient (Wildman–Crippen LogP) is -0.184. The summed E-state index contributed by atoms with van der Waals surface area (Å²) >= 11 is 0. The normalized spacial score (nSPS) is 15.7. The average molecular weight is 223 g/mol. The Kier molecular flexibility index (Phi) is 2.91. The van der Waals surface area contributed by atoms with Gasteiger partial charge >= 0.3 is 0 Å². The summed E-state index contributed by atoms with van der Waals surface area (Å²) in [4.78, 5) is 13.3. The molecule has 1 amide bonds. The molecular weight excluding hydrogens is 206 g/mol. The van der Waals surface area contributed by atoms with Gasteiger partial charge in [0.05, 0.1) is 12.2 Å².